The van der Waals surface area contributed by atoms with Gasteiger partial charge in [-0.1, -0.05) is 18.5 Å². The molecule has 0 aromatic heterocycles. The third-order valence-electron chi connectivity index (χ3n) is 2.32. The van der Waals surface area contributed by atoms with Gasteiger partial charge in [-0.2, -0.15) is 4.31 Å². The summed E-state index contributed by atoms with van der Waals surface area (Å²) in [5.41, 5.74) is 0. The highest BCUT2D eigenvalue weighted by atomic mass is 35.5. The normalized spacial score (nSPS) is 12.1. The molecule has 0 aliphatic carbocycles. The monoisotopic (exact) mass is 313 g/mol. The quantitative estimate of drug-likeness (QED) is 0.757. The lowest BCUT2D eigenvalue weighted by Gasteiger charge is -2.21. The van der Waals surface area contributed by atoms with Crippen molar-refractivity contribution in [2.75, 3.05) is 19.0 Å². The maximum atomic E-state index is 13.1. The van der Waals surface area contributed by atoms with E-state index in [0.717, 1.165) is 12.1 Å². The van der Waals surface area contributed by atoms with Gasteiger partial charge in [-0.15, -0.1) is 11.6 Å². The molecule has 0 bridgehead atoms. The molecule has 0 heterocycles. The van der Waals surface area contributed by atoms with E-state index in [-0.39, 0.29) is 22.3 Å². The van der Waals surface area contributed by atoms with Crippen molar-refractivity contribution in [3.63, 3.8) is 0 Å². The van der Waals surface area contributed by atoms with E-state index >= 15 is 0 Å². The fourth-order valence-electron chi connectivity index (χ4n) is 1.51. The Morgan fingerprint density at radius 2 is 2.00 bits per heavy atom. The van der Waals surface area contributed by atoms with E-state index in [9.17, 15) is 12.8 Å². The zero-order valence-corrected chi connectivity index (χ0v) is 12.2. The van der Waals surface area contributed by atoms with Crippen molar-refractivity contribution in [1.82, 2.24) is 4.31 Å². The summed E-state index contributed by atoms with van der Waals surface area (Å²) in [7, 11) is -3.80. The van der Waals surface area contributed by atoms with Crippen LogP contribution in [0, 0.1) is 5.82 Å². The van der Waals surface area contributed by atoms with Crippen molar-refractivity contribution < 1.29 is 12.8 Å². The molecule has 0 saturated carbocycles. The molecule has 18 heavy (non-hydrogen) atoms. The van der Waals surface area contributed by atoms with Crippen LogP contribution in [-0.4, -0.2) is 31.7 Å². The van der Waals surface area contributed by atoms with Crippen LogP contribution in [0.15, 0.2) is 23.1 Å². The minimum absolute atomic E-state index is 0.00655. The second kappa shape index (κ2) is 6.70. The molecule has 0 fully saturated rings. The Hall–Kier alpha value is -0.360. The molecule has 102 valence electrons. The van der Waals surface area contributed by atoms with Crippen LogP contribution in [0.25, 0.3) is 0 Å². The Balaban J connectivity index is 3.21. The fourth-order valence-corrected chi connectivity index (χ4v) is 3.83. The third-order valence-corrected chi connectivity index (χ3v) is 4.87. The van der Waals surface area contributed by atoms with E-state index in [4.69, 9.17) is 23.2 Å². The van der Waals surface area contributed by atoms with Crippen molar-refractivity contribution in [2.45, 2.75) is 18.2 Å². The molecule has 1 rings (SSSR count). The Morgan fingerprint density at radius 1 is 1.33 bits per heavy atom. The summed E-state index contributed by atoms with van der Waals surface area (Å²) in [6.45, 7) is 2.34. The maximum Gasteiger partial charge on any atom is 0.244 e. The predicted octanol–water partition coefficient (Wildman–Crippen LogP) is 3.12. The first kappa shape index (κ1) is 15.7. The first-order chi connectivity index (χ1) is 8.43. The van der Waals surface area contributed by atoms with Gasteiger partial charge in [0, 0.05) is 19.0 Å². The van der Waals surface area contributed by atoms with Crippen LogP contribution in [0.3, 0.4) is 0 Å². The number of halogens is 3. The van der Waals surface area contributed by atoms with E-state index in [1.165, 1.54) is 10.4 Å². The van der Waals surface area contributed by atoms with Crippen LogP contribution in [-0.2, 0) is 10.0 Å². The van der Waals surface area contributed by atoms with Gasteiger partial charge in [0.15, 0.2) is 0 Å². The number of hydrogen-bond donors (Lipinski definition) is 0. The van der Waals surface area contributed by atoms with E-state index < -0.39 is 15.8 Å². The molecule has 0 amide bonds. The second-order valence-electron chi connectivity index (χ2n) is 3.67. The van der Waals surface area contributed by atoms with Crippen LogP contribution in [0.5, 0.6) is 0 Å². The fraction of sp³-hybridized carbons (Fsp3) is 0.455. The third kappa shape index (κ3) is 3.57. The highest BCUT2D eigenvalue weighted by Crippen LogP contribution is 2.25. The van der Waals surface area contributed by atoms with E-state index in [1.807, 2.05) is 6.92 Å². The number of sulfonamides is 1. The smallest absolute Gasteiger partial charge is 0.207 e. The zero-order valence-electron chi connectivity index (χ0n) is 9.87. The average molecular weight is 314 g/mol. The summed E-state index contributed by atoms with van der Waals surface area (Å²) in [4.78, 5) is -0.220. The van der Waals surface area contributed by atoms with Gasteiger partial charge < -0.3 is 0 Å². The Bertz CT molecular complexity index is 502. The SMILES string of the molecule is CCCN(CCCl)S(=O)(=O)c1cc(F)ccc1Cl. The van der Waals surface area contributed by atoms with E-state index in [0.29, 0.717) is 13.0 Å². The number of alkyl halides is 1. The predicted molar refractivity (Wildman–Crippen MR) is 71.2 cm³/mol. The molecule has 7 heteroatoms. The largest absolute Gasteiger partial charge is 0.244 e. The lowest BCUT2D eigenvalue weighted by Crippen LogP contribution is -2.33. The van der Waals surface area contributed by atoms with E-state index in [2.05, 4.69) is 0 Å². The van der Waals surface area contributed by atoms with Crippen molar-refractivity contribution in [3.05, 3.63) is 29.0 Å². The van der Waals surface area contributed by atoms with Crippen molar-refractivity contribution in [2.24, 2.45) is 0 Å². The molecule has 0 aliphatic heterocycles. The van der Waals surface area contributed by atoms with Gasteiger partial charge in [0.05, 0.1) is 5.02 Å². The van der Waals surface area contributed by atoms with Gasteiger partial charge in [-0.3, -0.25) is 0 Å². The summed E-state index contributed by atoms with van der Waals surface area (Å²) < 4.78 is 39.0. The Kier molecular flexibility index (Phi) is 5.85. The Morgan fingerprint density at radius 3 is 2.56 bits per heavy atom. The topological polar surface area (TPSA) is 37.4 Å². The highest BCUT2D eigenvalue weighted by Gasteiger charge is 2.26. The van der Waals surface area contributed by atoms with Gasteiger partial charge in [0.2, 0.25) is 10.0 Å². The van der Waals surface area contributed by atoms with E-state index in [1.54, 1.807) is 0 Å². The van der Waals surface area contributed by atoms with Gasteiger partial charge >= 0.3 is 0 Å². The second-order valence-corrected chi connectivity index (χ2v) is 6.36. The average Bonchev–Trinajstić information content (AvgIpc) is 2.32. The van der Waals surface area contributed by atoms with Gasteiger partial charge in [-0.05, 0) is 24.6 Å². The molecule has 0 atom stereocenters. The van der Waals surface area contributed by atoms with Gasteiger partial charge in [-0.25, -0.2) is 12.8 Å². The lowest BCUT2D eigenvalue weighted by atomic mass is 10.3. The highest BCUT2D eigenvalue weighted by molar-refractivity contribution is 7.89. The molecule has 0 radical (unpaired) electrons. The first-order valence-corrected chi connectivity index (χ1v) is 7.80. The van der Waals surface area contributed by atoms with Crippen LogP contribution in [0.4, 0.5) is 4.39 Å². The van der Waals surface area contributed by atoms with Gasteiger partial charge in [0.25, 0.3) is 0 Å². The molecule has 0 spiro atoms. The maximum absolute atomic E-state index is 13.1. The number of hydrogen-bond acceptors (Lipinski definition) is 2. The summed E-state index contributed by atoms with van der Waals surface area (Å²) in [6.07, 6.45) is 0.642. The van der Waals surface area contributed by atoms with Gasteiger partial charge in [0.1, 0.15) is 10.7 Å². The standard InChI is InChI=1S/C11H14Cl2FNO2S/c1-2-6-15(7-5-12)18(16,17)11-8-9(14)3-4-10(11)13/h3-4,8H,2,5-7H2,1H3. The summed E-state index contributed by atoms with van der Waals surface area (Å²) >= 11 is 11.4. The molecule has 0 saturated heterocycles. The van der Waals surface area contributed by atoms with Crippen molar-refractivity contribution >= 4 is 33.2 Å². The minimum atomic E-state index is -3.80. The number of rotatable bonds is 6. The van der Waals surface area contributed by atoms with Crippen molar-refractivity contribution in [3.8, 4) is 0 Å². The molecular formula is C11H14Cl2FNO2S. The van der Waals surface area contributed by atoms with Crippen LogP contribution in [0.1, 0.15) is 13.3 Å². The molecule has 0 N–H and O–H groups in total. The Labute approximate surface area is 117 Å². The molecule has 1 aromatic rings. The number of nitrogens with zero attached hydrogens (tertiary/aromatic N) is 1. The molecule has 0 aliphatic rings. The number of benzene rings is 1. The van der Waals surface area contributed by atoms with Crippen molar-refractivity contribution in [1.29, 1.82) is 0 Å². The molecule has 0 unspecified atom stereocenters. The molecular weight excluding hydrogens is 300 g/mol. The lowest BCUT2D eigenvalue weighted by molar-refractivity contribution is 0.428. The molecule has 3 nitrogen and oxygen atoms in total. The minimum Gasteiger partial charge on any atom is -0.207 e. The summed E-state index contributed by atoms with van der Waals surface area (Å²) in [5.74, 6) is -0.466. The summed E-state index contributed by atoms with van der Waals surface area (Å²) in [6, 6.07) is 3.27. The first-order valence-electron chi connectivity index (χ1n) is 5.44. The van der Waals surface area contributed by atoms with Crippen LogP contribution < -0.4 is 0 Å². The molecule has 1 aromatic carbocycles. The van der Waals surface area contributed by atoms with Crippen LogP contribution in [0.2, 0.25) is 5.02 Å². The summed E-state index contributed by atoms with van der Waals surface area (Å²) in [5, 5.41) is 0.00655. The van der Waals surface area contributed by atoms with Crippen LogP contribution >= 0.6 is 23.2 Å². The zero-order chi connectivity index (χ0) is 13.8.